The lowest BCUT2D eigenvalue weighted by Gasteiger charge is -2.08. The molecular weight excluding hydrogens is 222 g/mol. The molecule has 0 fully saturated rings. The zero-order valence-corrected chi connectivity index (χ0v) is 11.1. The maximum absolute atomic E-state index is 5.66. The van der Waals surface area contributed by atoms with E-state index in [1.807, 2.05) is 6.33 Å². The molecule has 0 radical (unpaired) electrons. The molecule has 1 atom stereocenters. The molecule has 0 saturated carbocycles. The molecule has 96 valence electrons. The van der Waals surface area contributed by atoms with Gasteiger partial charge in [-0.05, 0) is 18.9 Å². The number of imidazole rings is 1. The lowest BCUT2D eigenvalue weighted by molar-refractivity contribution is 0.558. The van der Waals surface area contributed by atoms with Gasteiger partial charge >= 0.3 is 0 Å². The maximum Gasteiger partial charge on any atom is 0.0956 e. The molecule has 18 heavy (non-hydrogen) atoms. The molecule has 1 heterocycles. The second kappa shape index (κ2) is 5.83. The first-order valence-electron chi connectivity index (χ1n) is 6.57. The van der Waals surface area contributed by atoms with Crippen LogP contribution in [0.15, 0.2) is 36.8 Å². The summed E-state index contributed by atoms with van der Waals surface area (Å²) in [4.78, 5) is 4.44. The van der Waals surface area contributed by atoms with Crippen LogP contribution in [0.3, 0.4) is 0 Å². The van der Waals surface area contributed by atoms with E-state index in [1.54, 1.807) is 0 Å². The predicted molar refractivity (Wildman–Crippen MR) is 75.4 cm³/mol. The van der Waals surface area contributed by atoms with Crippen LogP contribution >= 0.6 is 0 Å². The first kappa shape index (κ1) is 12.8. The van der Waals surface area contributed by atoms with E-state index < -0.39 is 0 Å². The minimum absolute atomic E-state index is 0.297. The van der Waals surface area contributed by atoms with Crippen molar-refractivity contribution >= 4 is 0 Å². The van der Waals surface area contributed by atoms with Crippen LogP contribution in [0.25, 0.3) is 11.3 Å². The number of aromatic nitrogens is 2. The van der Waals surface area contributed by atoms with E-state index in [2.05, 4.69) is 53.9 Å². The summed E-state index contributed by atoms with van der Waals surface area (Å²) in [7, 11) is 0. The highest BCUT2D eigenvalue weighted by Gasteiger charge is 2.06. The fraction of sp³-hybridized carbons (Fsp3) is 0.400. The van der Waals surface area contributed by atoms with Crippen molar-refractivity contribution in [1.29, 1.82) is 0 Å². The summed E-state index contributed by atoms with van der Waals surface area (Å²) < 4.78 is 2.06. The number of aryl methyl sites for hydroxylation is 1. The highest BCUT2D eigenvalue weighted by atomic mass is 15.1. The van der Waals surface area contributed by atoms with Gasteiger partial charge < -0.3 is 10.3 Å². The van der Waals surface area contributed by atoms with Gasteiger partial charge in [0.2, 0.25) is 0 Å². The predicted octanol–water partition coefficient (Wildman–Crippen LogP) is 3.02. The van der Waals surface area contributed by atoms with Crippen molar-refractivity contribution in [3.05, 3.63) is 42.4 Å². The molecule has 0 aliphatic rings. The summed E-state index contributed by atoms with van der Waals surface area (Å²) in [6.07, 6.45) is 6.24. The number of rotatable bonds is 5. The Balaban J connectivity index is 2.18. The van der Waals surface area contributed by atoms with Crippen molar-refractivity contribution in [2.75, 3.05) is 6.54 Å². The maximum atomic E-state index is 5.66. The molecule has 0 spiro atoms. The largest absolute Gasteiger partial charge is 0.333 e. The first-order chi connectivity index (χ1) is 8.74. The Morgan fingerprint density at radius 3 is 2.61 bits per heavy atom. The minimum Gasteiger partial charge on any atom is -0.333 e. The highest BCUT2D eigenvalue weighted by Crippen LogP contribution is 2.19. The Labute approximate surface area is 109 Å². The second-order valence-corrected chi connectivity index (χ2v) is 4.74. The van der Waals surface area contributed by atoms with E-state index in [0.29, 0.717) is 12.6 Å². The summed E-state index contributed by atoms with van der Waals surface area (Å²) in [5.74, 6) is 0. The monoisotopic (exact) mass is 243 g/mol. The van der Waals surface area contributed by atoms with E-state index in [0.717, 1.165) is 17.7 Å². The van der Waals surface area contributed by atoms with Crippen molar-refractivity contribution < 1.29 is 0 Å². The van der Waals surface area contributed by atoms with Crippen LogP contribution in [0.1, 0.15) is 31.9 Å². The molecule has 0 amide bonds. The van der Waals surface area contributed by atoms with Gasteiger partial charge in [-0.2, -0.15) is 0 Å². The summed E-state index contributed by atoms with van der Waals surface area (Å²) >= 11 is 0. The van der Waals surface area contributed by atoms with Crippen molar-refractivity contribution in [1.82, 2.24) is 9.55 Å². The van der Waals surface area contributed by atoms with Gasteiger partial charge in [0.1, 0.15) is 0 Å². The Bertz CT molecular complexity index is 485. The molecule has 2 aromatic rings. The van der Waals surface area contributed by atoms with Crippen LogP contribution in [-0.2, 0) is 6.42 Å². The zero-order valence-electron chi connectivity index (χ0n) is 11.1. The van der Waals surface area contributed by atoms with Crippen LogP contribution in [0.2, 0.25) is 0 Å². The van der Waals surface area contributed by atoms with Gasteiger partial charge in [-0.3, -0.25) is 0 Å². The van der Waals surface area contributed by atoms with Crippen molar-refractivity contribution in [2.24, 2.45) is 5.73 Å². The summed E-state index contributed by atoms with van der Waals surface area (Å²) in [6.45, 7) is 4.92. The quantitative estimate of drug-likeness (QED) is 0.877. The molecule has 2 N–H and O–H groups in total. The van der Waals surface area contributed by atoms with E-state index in [-0.39, 0.29) is 0 Å². The number of nitrogens with two attached hydrogens (primary N) is 1. The fourth-order valence-corrected chi connectivity index (χ4v) is 1.98. The molecule has 0 saturated heterocycles. The van der Waals surface area contributed by atoms with Crippen LogP contribution in [0.5, 0.6) is 0 Å². The molecule has 0 aliphatic carbocycles. The highest BCUT2D eigenvalue weighted by molar-refractivity contribution is 5.58. The van der Waals surface area contributed by atoms with Crippen LogP contribution < -0.4 is 5.73 Å². The van der Waals surface area contributed by atoms with Gasteiger partial charge in [-0.25, -0.2) is 4.98 Å². The smallest absolute Gasteiger partial charge is 0.0956 e. The molecule has 0 unspecified atom stereocenters. The van der Waals surface area contributed by atoms with Gasteiger partial charge in [0.25, 0.3) is 0 Å². The summed E-state index contributed by atoms with van der Waals surface area (Å²) in [6, 6.07) is 8.95. The molecule has 0 aliphatic heterocycles. The third-order valence-corrected chi connectivity index (χ3v) is 3.24. The standard InChI is InChI=1S/C15H21N3/c1-3-4-13-5-7-14(8-6-13)15-10-18(11-17-15)12(2)9-16/h5-8,10-12H,3-4,9,16H2,1-2H3/t12-/m0/s1. The third kappa shape index (κ3) is 2.79. The lowest BCUT2D eigenvalue weighted by atomic mass is 10.1. The molecule has 3 heteroatoms. The van der Waals surface area contributed by atoms with Gasteiger partial charge in [-0.1, -0.05) is 37.6 Å². The normalized spacial score (nSPS) is 12.6. The van der Waals surface area contributed by atoms with Crippen LogP contribution in [-0.4, -0.2) is 16.1 Å². The Morgan fingerprint density at radius 2 is 2.00 bits per heavy atom. The van der Waals surface area contributed by atoms with Gasteiger partial charge in [0.15, 0.2) is 0 Å². The molecule has 1 aromatic carbocycles. The zero-order chi connectivity index (χ0) is 13.0. The average molecular weight is 243 g/mol. The van der Waals surface area contributed by atoms with E-state index in [9.17, 15) is 0 Å². The molecular formula is C15H21N3. The number of nitrogens with zero attached hydrogens (tertiary/aromatic N) is 2. The summed E-state index contributed by atoms with van der Waals surface area (Å²) in [5, 5.41) is 0. The Morgan fingerprint density at radius 1 is 1.28 bits per heavy atom. The summed E-state index contributed by atoms with van der Waals surface area (Å²) in [5.41, 5.74) is 9.22. The van der Waals surface area contributed by atoms with E-state index >= 15 is 0 Å². The SMILES string of the molecule is CCCc1ccc(-c2cn([C@@H](C)CN)cn2)cc1. The fourth-order valence-electron chi connectivity index (χ4n) is 1.98. The average Bonchev–Trinajstić information content (AvgIpc) is 2.89. The van der Waals surface area contributed by atoms with Crippen molar-refractivity contribution in [2.45, 2.75) is 32.7 Å². The van der Waals surface area contributed by atoms with Gasteiger partial charge in [0, 0.05) is 24.3 Å². The topological polar surface area (TPSA) is 43.8 Å². The third-order valence-electron chi connectivity index (χ3n) is 3.24. The number of hydrogen-bond acceptors (Lipinski definition) is 2. The van der Waals surface area contributed by atoms with Crippen LogP contribution in [0, 0.1) is 0 Å². The number of hydrogen-bond donors (Lipinski definition) is 1. The van der Waals surface area contributed by atoms with E-state index in [1.165, 1.54) is 12.0 Å². The van der Waals surface area contributed by atoms with Gasteiger partial charge in [0.05, 0.1) is 12.0 Å². The minimum atomic E-state index is 0.297. The molecule has 1 aromatic heterocycles. The van der Waals surface area contributed by atoms with E-state index in [4.69, 9.17) is 5.73 Å². The molecule has 3 nitrogen and oxygen atoms in total. The Hall–Kier alpha value is -1.61. The van der Waals surface area contributed by atoms with Crippen molar-refractivity contribution in [3.8, 4) is 11.3 Å². The first-order valence-corrected chi connectivity index (χ1v) is 6.57. The second-order valence-electron chi connectivity index (χ2n) is 4.74. The Kier molecular flexibility index (Phi) is 4.15. The molecule has 2 rings (SSSR count). The van der Waals surface area contributed by atoms with Gasteiger partial charge in [-0.15, -0.1) is 0 Å². The van der Waals surface area contributed by atoms with Crippen LogP contribution in [0.4, 0.5) is 0 Å². The van der Waals surface area contributed by atoms with Crippen molar-refractivity contribution in [3.63, 3.8) is 0 Å². The number of benzene rings is 1. The lowest BCUT2D eigenvalue weighted by Crippen LogP contribution is -2.14. The molecule has 0 bridgehead atoms.